The average Bonchev–Trinajstić information content (AvgIpc) is 2.67. The minimum atomic E-state index is -0.771. The summed E-state index contributed by atoms with van der Waals surface area (Å²) in [6.07, 6.45) is 0. The maximum absolute atomic E-state index is 11.1. The Morgan fingerprint density at radius 3 is 2.39 bits per heavy atom. The fourth-order valence-corrected chi connectivity index (χ4v) is 3.21. The van der Waals surface area contributed by atoms with Crippen LogP contribution < -0.4 is 0 Å². The highest BCUT2D eigenvalue weighted by Gasteiger charge is 2.33. The Hall–Kier alpha value is -0.870. The van der Waals surface area contributed by atoms with Crippen molar-refractivity contribution in [1.29, 1.82) is 0 Å². The minimum absolute atomic E-state index is 0.0737. The molecular formula is C14H23NO2S. The van der Waals surface area contributed by atoms with Gasteiger partial charge < -0.3 is 5.11 Å². The Balaban J connectivity index is 3.10. The third kappa shape index (κ3) is 3.82. The number of carboxylic acid groups (broad SMARTS) is 1. The van der Waals surface area contributed by atoms with Crippen LogP contribution in [0, 0.1) is 5.92 Å². The van der Waals surface area contributed by atoms with Crippen LogP contribution in [-0.2, 0) is 4.79 Å². The highest BCUT2D eigenvalue weighted by Crippen LogP contribution is 2.35. The topological polar surface area (TPSA) is 40.5 Å². The van der Waals surface area contributed by atoms with E-state index in [0.717, 1.165) is 0 Å². The molecule has 0 radical (unpaired) electrons. The molecule has 1 aromatic heterocycles. The molecule has 4 heteroatoms. The van der Waals surface area contributed by atoms with Crippen molar-refractivity contribution in [3.63, 3.8) is 0 Å². The van der Waals surface area contributed by atoms with Crippen molar-refractivity contribution < 1.29 is 9.90 Å². The van der Waals surface area contributed by atoms with Crippen LogP contribution in [0.1, 0.15) is 45.5 Å². The molecular weight excluding hydrogens is 246 g/mol. The summed E-state index contributed by atoms with van der Waals surface area (Å²) >= 11 is 1.70. The van der Waals surface area contributed by atoms with Crippen LogP contribution in [0.5, 0.6) is 0 Å². The molecule has 1 N–H and O–H groups in total. The molecule has 18 heavy (non-hydrogen) atoms. The summed E-state index contributed by atoms with van der Waals surface area (Å²) in [5.41, 5.74) is -0.169. The number of carbonyl (C=O) groups is 1. The van der Waals surface area contributed by atoms with Gasteiger partial charge in [-0.2, -0.15) is 0 Å². The molecule has 0 aliphatic carbocycles. The fourth-order valence-electron chi connectivity index (χ4n) is 2.20. The average molecular weight is 269 g/mol. The van der Waals surface area contributed by atoms with Gasteiger partial charge in [-0.25, -0.2) is 0 Å². The van der Waals surface area contributed by atoms with E-state index in [0.29, 0.717) is 5.92 Å². The zero-order valence-corrected chi connectivity index (χ0v) is 12.6. The Kier molecular flexibility index (Phi) is 4.93. The first-order valence-electron chi connectivity index (χ1n) is 6.25. The Morgan fingerprint density at radius 2 is 2.06 bits per heavy atom. The molecule has 0 aliphatic rings. The molecule has 3 nitrogen and oxygen atoms in total. The summed E-state index contributed by atoms with van der Waals surface area (Å²) in [4.78, 5) is 14.4. The van der Waals surface area contributed by atoms with E-state index >= 15 is 0 Å². The van der Waals surface area contributed by atoms with Crippen LogP contribution in [-0.4, -0.2) is 28.1 Å². The van der Waals surface area contributed by atoms with E-state index in [4.69, 9.17) is 5.11 Å². The van der Waals surface area contributed by atoms with Crippen molar-refractivity contribution in [2.45, 2.75) is 46.2 Å². The minimum Gasteiger partial charge on any atom is -0.480 e. The van der Waals surface area contributed by atoms with Crippen LogP contribution in [0.15, 0.2) is 17.5 Å². The van der Waals surface area contributed by atoms with Gasteiger partial charge in [0.2, 0.25) is 0 Å². The highest BCUT2D eigenvalue weighted by molar-refractivity contribution is 7.10. The third-order valence-corrected chi connectivity index (χ3v) is 3.91. The van der Waals surface area contributed by atoms with Gasteiger partial charge in [-0.3, -0.25) is 9.69 Å². The van der Waals surface area contributed by atoms with E-state index in [-0.39, 0.29) is 18.1 Å². The summed E-state index contributed by atoms with van der Waals surface area (Å²) < 4.78 is 0. The number of hydrogen-bond acceptors (Lipinski definition) is 3. The molecule has 1 atom stereocenters. The summed E-state index contributed by atoms with van der Waals surface area (Å²) in [6, 6.07) is 4.27. The van der Waals surface area contributed by atoms with Gasteiger partial charge >= 0.3 is 5.97 Å². The van der Waals surface area contributed by atoms with Gasteiger partial charge in [0.05, 0.1) is 6.54 Å². The molecule has 0 bridgehead atoms. The van der Waals surface area contributed by atoms with Crippen LogP contribution >= 0.6 is 11.3 Å². The Labute approximate surface area is 113 Å². The first-order chi connectivity index (χ1) is 8.23. The summed E-state index contributed by atoms with van der Waals surface area (Å²) in [6.45, 7) is 10.6. The summed E-state index contributed by atoms with van der Waals surface area (Å²) in [7, 11) is 0. The molecule has 0 spiro atoms. The third-order valence-electron chi connectivity index (χ3n) is 2.97. The quantitative estimate of drug-likeness (QED) is 0.887. The Bertz CT molecular complexity index is 379. The standard InChI is InChI=1S/C14H23NO2S/c1-10(2)13(11-7-6-8-18-11)15(9-12(16)17)14(3,4)5/h6-8,10,13H,9H2,1-5H3,(H,16,17). The van der Waals surface area contributed by atoms with Gasteiger partial charge in [0.25, 0.3) is 0 Å². The predicted molar refractivity (Wildman–Crippen MR) is 76.0 cm³/mol. The van der Waals surface area contributed by atoms with Gasteiger partial charge in [0, 0.05) is 16.5 Å². The van der Waals surface area contributed by atoms with Crippen molar-refractivity contribution in [2.24, 2.45) is 5.92 Å². The van der Waals surface area contributed by atoms with E-state index in [9.17, 15) is 4.79 Å². The van der Waals surface area contributed by atoms with Crippen molar-refractivity contribution in [3.8, 4) is 0 Å². The van der Waals surface area contributed by atoms with Crippen molar-refractivity contribution >= 4 is 17.3 Å². The smallest absolute Gasteiger partial charge is 0.317 e. The largest absolute Gasteiger partial charge is 0.480 e. The molecule has 0 saturated carbocycles. The van der Waals surface area contributed by atoms with Crippen molar-refractivity contribution in [2.75, 3.05) is 6.54 Å². The lowest BCUT2D eigenvalue weighted by molar-refractivity contribution is -0.141. The highest BCUT2D eigenvalue weighted by atomic mass is 32.1. The second-order valence-electron chi connectivity index (χ2n) is 5.90. The van der Waals surface area contributed by atoms with E-state index < -0.39 is 5.97 Å². The van der Waals surface area contributed by atoms with Crippen LogP contribution in [0.25, 0.3) is 0 Å². The summed E-state index contributed by atoms with van der Waals surface area (Å²) in [5.74, 6) is -0.394. The molecule has 1 aromatic rings. The number of nitrogens with zero attached hydrogens (tertiary/aromatic N) is 1. The monoisotopic (exact) mass is 269 g/mol. The molecule has 102 valence electrons. The molecule has 0 fully saturated rings. The summed E-state index contributed by atoms with van der Waals surface area (Å²) in [5, 5.41) is 11.2. The van der Waals surface area contributed by atoms with E-state index in [1.807, 2.05) is 11.4 Å². The lowest BCUT2D eigenvalue weighted by atomic mass is 9.94. The maximum Gasteiger partial charge on any atom is 0.317 e. The molecule has 0 aromatic carbocycles. The van der Waals surface area contributed by atoms with Gasteiger partial charge in [-0.15, -0.1) is 11.3 Å². The van der Waals surface area contributed by atoms with Crippen LogP contribution in [0.4, 0.5) is 0 Å². The normalized spacial score (nSPS) is 14.2. The number of thiophene rings is 1. The number of hydrogen-bond donors (Lipinski definition) is 1. The first kappa shape index (κ1) is 15.2. The zero-order chi connectivity index (χ0) is 13.9. The maximum atomic E-state index is 11.1. The first-order valence-corrected chi connectivity index (χ1v) is 7.13. The van der Waals surface area contributed by atoms with E-state index in [1.165, 1.54) is 4.88 Å². The lowest BCUT2D eigenvalue weighted by Gasteiger charge is -2.42. The second-order valence-corrected chi connectivity index (χ2v) is 6.88. The number of carboxylic acids is 1. The molecule has 0 amide bonds. The number of aliphatic carboxylic acids is 1. The number of rotatable bonds is 5. The van der Waals surface area contributed by atoms with E-state index in [1.54, 1.807) is 11.3 Å². The van der Waals surface area contributed by atoms with Crippen LogP contribution in [0.3, 0.4) is 0 Å². The molecule has 1 unspecified atom stereocenters. The molecule has 1 heterocycles. The van der Waals surface area contributed by atoms with Crippen molar-refractivity contribution in [3.05, 3.63) is 22.4 Å². The predicted octanol–water partition coefficient (Wildman–Crippen LogP) is 3.63. The van der Waals surface area contributed by atoms with Gasteiger partial charge in [0.1, 0.15) is 0 Å². The van der Waals surface area contributed by atoms with Crippen molar-refractivity contribution in [1.82, 2.24) is 4.90 Å². The van der Waals surface area contributed by atoms with Gasteiger partial charge in [-0.1, -0.05) is 19.9 Å². The van der Waals surface area contributed by atoms with E-state index in [2.05, 4.69) is 45.6 Å². The SMILES string of the molecule is CC(C)C(c1cccs1)N(CC(=O)O)C(C)(C)C. The lowest BCUT2D eigenvalue weighted by Crippen LogP contribution is -2.47. The zero-order valence-electron chi connectivity index (χ0n) is 11.8. The fraction of sp³-hybridized carbons (Fsp3) is 0.643. The molecule has 0 aliphatic heterocycles. The van der Waals surface area contributed by atoms with Crippen LogP contribution in [0.2, 0.25) is 0 Å². The second kappa shape index (κ2) is 5.85. The van der Waals surface area contributed by atoms with Gasteiger partial charge in [-0.05, 0) is 38.1 Å². The molecule has 0 saturated heterocycles. The molecule has 1 rings (SSSR count). The Morgan fingerprint density at radius 1 is 1.44 bits per heavy atom. The van der Waals surface area contributed by atoms with Gasteiger partial charge in [0.15, 0.2) is 0 Å².